The normalized spacial score (nSPS) is 13.2. The molecule has 1 N–H and O–H groups in total. The average molecular weight is 323 g/mol. The highest BCUT2D eigenvalue weighted by Gasteiger charge is 2.37. The fraction of sp³-hybridized carbons (Fsp3) is 0. The van der Waals surface area contributed by atoms with E-state index in [4.69, 9.17) is 4.84 Å². The van der Waals surface area contributed by atoms with Crippen molar-refractivity contribution in [2.75, 3.05) is 0 Å². The second-order valence-corrected chi connectivity index (χ2v) is 4.93. The predicted octanol–water partition coefficient (Wildman–Crippen LogP) is 0.781. The zero-order chi connectivity index (χ0) is 16.7. The monoisotopic (exact) mass is 323 g/mol. The Balaban J connectivity index is 1.53. The van der Waals surface area contributed by atoms with E-state index >= 15 is 0 Å². The Labute approximate surface area is 134 Å². The van der Waals surface area contributed by atoms with Gasteiger partial charge in [0.1, 0.15) is 11.0 Å². The first-order valence-corrected chi connectivity index (χ1v) is 6.92. The molecule has 0 atom stereocenters. The van der Waals surface area contributed by atoms with Crippen molar-refractivity contribution in [3.8, 4) is 0 Å². The molecule has 9 heteroatoms. The Hall–Kier alpha value is -3.75. The van der Waals surface area contributed by atoms with Crippen molar-refractivity contribution in [2.24, 2.45) is 0 Å². The van der Waals surface area contributed by atoms with Crippen molar-refractivity contribution in [2.45, 2.75) is 0 Å². The fourth-order valence-corrected chi connectivity index (χ4v) is 2.40. The van der Waals surface area contributed by atoms with E-state index in [9.17, 15) is 14.4 Å². The summed E-state index contributed by atoms with van der Waals surface area (Å²) in [4.78, 5) is 42.2. The minimum atomic E-state index is -1.04. The summed E-state index contributed by atoms with van der Waals surface area (Å²) in [5, 5.41) is 8.11. The Morgan fingerprint density at radius 1 is 0.958 bits per heavy atom. The summed E-state index contributed by atoms with van der Waals surface area (Å²) >= 11 is 0. The molecular formula is C15H9N5O4. The van der Waals surface area contributed by atoms with Gasteiger partial charge in [0.05, 0.1) is 11.1 Å². The highest BCUT2D eigenvalue weighted by molar-refractivity contribution is 6.21. The predicted molar refractivity (Wildman–Crippen MR) is 79.6 cm³/mol. The smallest absolute Gasteiger partial charge is 0.296 e. The lowest BCUT2D eigenvalue weighted by molar-refractivity contribution is 0.0503. The summed E-state index contributed by atoms with van der Waals surface area (Å²) < 4.78 is 0. The Morgan fingerprint density at radius 2 is 1.58 bits per heavy atom. The summed E-state index contributed by atoms with van der Waals surface area (Å²) in [5.74, 6) is -1.26. The highest BCUT2D eigenvalue weighted by Crippen LogP contribution is 2.20. The summed E-state index contributed by atoms with van der Waals surface area (Å²) in [6, 6.07) is 13.1. The van der Waals surface area contributed by atoms with Crippen LogP contribution in [0.5, 0.6) is 0 Å². The number of para-hydroxylation sites is 1. The topological polar surface area (TPSA) is 106 Å². The quantitative estimate of drug-likeness (QED) is 0.552. The molecular weight excluding hydrogens is 314 g/mol. The molecule has 4 rings (SSSR count). The second kappa shape index (κ2) is 5.16. The van der Waals surface area contributed by atoms with Crippen molar-refractivity contribution < 1.29 is 19.2 Å². The summed E-state index contributed by atoms with van der Waals surface area (Å²) in [5.41, 5.74) is 3.55. The molecule has 9 nitrogen and oxygen atoms in total. The number of hydrazine groups is 1. The molecule has 1 aliphatic heterocycles. The lowest BCUT2D eigenvalue weighted by atomic mass is 10.1. The van der Waals surface area contributed by atoms with E-state index in [-0.39, 0.29) is 11.1 Å². The van der Waals surface area contributed by atoms with Gasteiger partial charge in [0.2, 0.25) is 0 Å². The van der Waals surface area contributed by atoms with Crippen molar-refractivity contribution >= 4 is 28.9 Å². The fourth-order valence-electron chi connectivity index (χ4n) is 2.40. The molecule has 0 fully saturated rings. The molecule has 1 aromatic heterocycles. The summed E-state index contributed by atoms with van der Waals surface area (Å²) in [6.45, 7) is 0. The van der Waals surface area contributed by atoms with Gasteiger partial charge in [-0.25, -0.2) is 10.2 Å². The minimum Gasteiger partial charge on any atom is -0.296 e. The van der Waals surface area contributed by atoms with Gasteiger partial charge in [-0.15, -0.1) is 5.10 Å². The van der Waals surface area contributed by atoms with E-state index in [1.807, 2.05) is 0 Å². The van der Waals surface area contributed by atoms with Crippen LogP contribution in [-0.4, -0.2) is 38.1 Å². The lowest BCUT2D eigenvalue weighted by Crippen LogP contribution is -2.48. The molecule has 3 aromatic rings. The van der Waals surface area contributed by atoms with Crippen molar-refractivity contribution in [1.29, 1.82) is 0 Å². The number of fused-ring (bicyclic) bond motifs is 2. The van der Waals surface area contributed by atoms with Crippen LogP contribution in [-0.2, 0) is 0 Å². The average Bonchev–Trinajstić information content (AvgIpc) is 3.11. The SMILES string of the molecule is O=C(NN1C(=O)c2ccccc2C1=O)On1nnc2ccccc21. The first-order chi connectivity index (χ1) is 11.6. The van der Waals surface area contributed by atoms with Gasteiger partial charge in [0.25, 0.3) is 11.8 Å². The first kappa shape index (κ1) is 13.9. The highest BCUT2D eigenvalue weighted by atomic mass is 16.7. The zero-order valence-corrected chi connectivity index (χ0v) is 12.0. The molecule has 0 aliphatic carbocycles. The maximum atomic E-state index is 12.2. The summed E-state index contributed by atoms with van der Waals surface area (Å²) in [7, 11) is 0. The zero-order valence-electron chi connectivity index (χ0n) is 12.0. The first-order valence-electron chi connectivity index (χ1n) is 6.92. The van der Waals surface area contributed by atoms with E-state index in [0.717, 1.165) is 4.85 Å². The van der Waals surface area contributed by atoms with Crippen LogP contribution in [0.15, 0.2) is 48.5 Å². The van der Waals surface area contributed by atoms with Crippen LogP contribution >= 0.6 is 0 Å². The van der Waals surface area contributed by atoms with Crippen LogP contribution in [0.4, 0.5) is 4.79 Å². The number of benzene rings is 2. The number of amides is 3. The lowest BCUT2D eigenvalue weighted by Gasteiger charge is -2.14. The van der Waals surface area contributed by atoms with Crippen LogP contribution in [0.1, 0.15) is 20.7 Å². The van der Waals surface area contributed by atoms with Crippen LogP contribution < -0.4 is 10.3 Å². The van der Waals surface area contributed by atoms with Crippen molar-refractivity contribution in [3.05, 3.63) is 59.7 Å². The number of nitrogens with zero attached hydrogens (tertiary/aromatic N) is 4. The maximum Gasteiger partial charge on any atom is 0.452 e. The second-order valence-electron chi connectivity index (χ2n) is 4.93. The molecule has 0 spiro atoms. The number of hydrogen-bond donors (Lipinski definition) is 1. The molecule has 118 valence electrons. The molecule has 2 heterocycles. The Morgan fingerprint density at radius 3 is 2.29 bits per heavy atom. The van der Waals surface area contributed by atoms with Gasteiger partial charge in [0, 0.05) is 0 Å². The number of rotatable bonds is 2. The number of hydrogen-bond acceptors (Lipinski definition) is 6. The van der Waals surface area contributed by atoms with Crippen LogP contribution in [0, 0.1) is 0 Å². The van der Waals surface area contributed by atoms with E-state index < -0.39 is 17.9 Å². The van der Waals surface area contributed by atoms with Gasteiger partial charge in [-0.3, -0.25) is 14.4 Å². The van der Waals surface area contributed by atoms with Crippen LogP contribution in [0.3, 0.4) is 0 Å². The minimum absolute atomic E-state index is 0.217. The van der Waals surface area contributed by atoms with E-state index in [1.54, 1.807) is 36.4 Å². The van der Waals surface area contributed by atoms with Crippen molar-refractivity contribution in [3.63, 3.8) is 0 Å². The van der Waals surface area contributed by atoms with E-state index in [2.05, 4.69) is 15.7 Å². The van der Waals surface area contributed by atoms with Gasteiger partial charge in [-0.1, -0.05) is 29.1 Å². The molecule has 0 saturated heterocycles. The Kier molecular flexibility index (Phi) is 2.98. The maximum absolute atomic E-state index is 12.2. The van der Waals surface area contributed by atoms with Crippen LogP contribution in [0.2, 0.25) is 0 Å². The molecule has 2 aromatic carbocycles. The molecule has 24 heavy (non-hydrogen) atoms. The molecule has 3 amide bonds. The molecule has 0 unspecified atom stereocenters. The Bertz CT molecular complexity index is 961. The van der Waals surface area contributed by atoms with E-state index in [1.165, 1.54) is 12.1 Å². The van der Waals surface area contributed by atoms with Crippen molar-refractivity contribution in [1.82, 2.24) is 25.6 Å². The third-order valence-corrected chi connectivity index (χ3v) is 3.49. The van der Waals surface area contributed by atoms with Gasteiger partial charge in [0.15, 0.2) is 0 Å². The number of nitrogens with one attached hydrogen (secondary N) is 1. The summed E-state index contributed by atoms with van der Waals surface area (Å²) in [6.07, 6.45) is -1.04. The third kappa shape index (κ3) is 2.07. The number of aromatic nitrogens is 3. The third-order valence-electron chi connectivity index (χ3n) is 3.49. The molecule has 0 saturated carbocycles. The molecule has 0 bridgehead atoms. The van der Waals surface area contributed by atoms with Gasteiger partial charge < -0.3 is 0 Å². The van der Waals surface area contributed by atoms with Crippen LogP contribution in [0.25, 0.3) is 11.0 Å². The molecule has 0 radical (unpaired) electrons. The largest absolute Gasteiger partial charge is 0.452 e. The number of imide groups is 1. The number of carbonyl (C=O) groups is 3. The number of carbonyl (C=O) groups excluding carboxylic acids is 3. The molecule has 1 aliphatic rings. The van der Waals surface area contributed by atoms with E-state index in [0.29, 0.717) is 16.0 Å². The standard InChI is InChI=1S/C15H9N5O4/c21-13-9-5-1-2-6-10(9)14(22)19(13)17-15(23)24-20-12-8-4-3-7-11(12)16-18-20/h1-8H,(H,17,23). The van der Waals surface area contributed by atoms with Gasteiger partial charge in [-0.2, -0.15) is 5.01 Å². The van der Waals surface area contributed by atoms with Gasteiger partial charge in [-0.05, 0) is 29.5 Å². The van der Waals surface area contributed by atoms with Gasteiger partial charge >= 0.3 is 6.09 Å².